The largest absolute Gasteiger partial charge is 0.507 e. The van der Waals surface area contributed by atoms with Crippen molar-refractivity contribution >= 4 is 16.9 Å². The molecule has 5 nitrogen and oxygen atoms in total. The Morgan fingerprint density at radius 2 is 1.71 bits per heavy atom. The van der Waals surface area contributed by atoms with Gasteiger partial charge in [0, 0.05) is 28.8 Å². The lowest BCUT2D eigenvalue weighted by molar-refractivity contribution is 0.0699. The van der Waals surface area contributed by atoms with Crippen LogP contribution in [0.3, 0.4) is 0 Å². The predicted octanol–water partition coefficient (Wildman–Crippen LogP) is 4.65. The molecule has 0 atom stereocenters. The zero-order chi connectivity index (χ0) is 19.8. The van der Waals surface area contributed by atoms with Crippen LogP contribution >= 0.6 is 0 Å². The van der Waals surface area contributed by atoms with Gasteiger partial charge in [-0.3, -0.25) is 4.98 Å². The Hall–Kier alpha value is -3.87. The Bertz CT molecular complexity index is 1240. The van der Waals surface area contributed by atoms with Gasteiger partial charge in [0.15, 0.2) is 0 Å². The number of hydrogen-bond acceptors (Lipinski definition) is 4. The van der Waals surface area contributed by atoms with Gasteiger partial charge < -0.3 is 10.2 Å². The molecule has 2 N–H and O–H groups in total. The molecular weight excluding hydrogens is 366 g/mol. The summed E-state index contributed by atoms with van der Waals surface area (Å²) < 4.78 is 27.5. The van der Waals surface area contributed by atoms with E-state index in [2.05, 4.69) is 9.97 Å². The molecule has 4 aromatic rings. The maximum atomic E-state index is 14.0. The van der Waals surface area contributed by atoms with E-state index in [1.807, 2.05) is 0 Å². The van der Waals surface area contributed by atoms with Crippen molar-refractivity contribution in [2.75, 3.05) is 0 Å². The standard InChI is InChI=1S/C21H12F2N2O3/c22-11-5-6-17-13(7-11)14(21(27)28)8-19(25-17)18-9-20(26)15(10-24-18)12-3-1-2-4-16(12)23/h1-10H,(H,24,26)(H,27,28). The van der Waals surface area contributed by atoms with Crippen LogP contribution in [0.25, 0.3) is 33.4 Å². The Morgan fingerprint density at radius 1 is 0.929 bits per heavy atom. The summed E-state index contributed by atoms with van der Waals surface area (Å²) in [6, 6.07) is 12.1. The summed E-state index contributed by atoms with van der Waals surface area (Å²) in [6.45, 7) is 0. The summed E-state index contributed by atoms with van der Waals surface area (Å²) >= 11 is 0. The molecule has 138 valence electrons. The number of aromatic nitrogens is 2. The highest BCUT2D eigenvalue weighted by Crippen LogP contribution is 2.33. The van der Waals surface area contributed by atoms with Gasteiger partial charge in [-0.1, -0.05) is 18.2 Å². The van der Waals surface area contributed by atoms with E-state index in [-0.39, 0.29) is 44.7 Å². The molecule has 0 saturated carbocycles. The zero-order valence-electron chi connectivity index (χ0n) is 14.2. The van der Waals surface area contributed by atoms with E-state index in [0.717, 1.165) is 6.07 Å². The summed E-state index contributed by atoms with van der Waals surface area (Å²) in [5.41, 5.74) is 0.906. The van der Waals surface area contributed by atoms with Crippen molar-refractivity contribution in [3.8, 4) is 28.3 Å². The van der Waals surface area contributed by atoms with Gasteiger partial charge in [0.2, 0.25) is 0 Å². The molecule has 0 aliphatic heterocycles. The summed E-state index contributed by atoms with van der Waals surface area (Å²) in [4.78, 5) is 20.1. The maximum Gasteiger partial charge on any atom is 0.336 e. The number of rotatable bonds is 3. The van der Waals surface area contributed by atoms with Crippen LogP contribution in [0.4, 0.5) is 8.78 Å². The first-order valence-corrected chi connectivity index (χ1v) is 8.22. The maximum absolute atomic E-state index is 14.0. The summed E-state index contributed by atoms with van der Waals surface area (Å²) in [7, 11) is 0. The number of carboxylic acids is 1. The molecule has 2 aromatic carbocycles. The van der Waals surface area contributed by atoms with E-state index in [4.69, 9.17) is 0 Å². The molecule has 0 bridgehead atoms. The van der Waals surface area contributed by atoms with Crippen molar-refractivity contribution in [1.82, 2.24) is 9.97 Å². The number of halogens is 2. The molecular formula is C21H12F2N2O3. The topological polar surface area (TPSA) is 83.3 Å². The number of aromatic hydroxyl groups is 1. The highest BCUT2D eigenvalue weighted by molar-refractivity contribution is 6.03. The zero-order valence-corrected chi connectivity index (χ0v) is 14.2. The van der Waals surface area contributed by atoms with Crippen molar-refractivity contribution in [3.05, 3.63) is 78.0 Å². The number of pyridine rings is 2. The molecule has 2 aromatic heterocycles. The molecule has 4 rings (SSSR count). The molecule has 0 aliphatic carbocycles. The van der Waals surface area contributed by atoms with Crippen LogP contribution in [-0.2, 0) is 0 Å². The lowest BCUT2D eigenvalue weighted by Gasteiger charge is -2.10. The monoisotopic (exact) mass is 378 g/mol. The first-order valence-electron chi connectivity index (χ1n) is 8.22. The second-order valence-corrected chi connectivity index (χ2v) is 6.09. The number of aromatic carboxylic acids is 1. The fourth-order valence-corrected chi connectivity index (χ4v) is 2.98. The number of nitrogens with zero attached hydrogens (tertiary/aromatic N) is 2. The molecule has 0 saturated heterocycles. The van der Waals surface area contributed by atoms with Crippen LogP contribution in [0.15, 0.2) is 60.8 Å². The van der Waals surface area contributed by atoms with Crippen LogP contribution in [0.5, 0.6) is 5.75 Å². The second kappa shape index (κ2) is 6.70. The fourth-order valence-electron chi connectivity index (χ4n) is 2.98. The molecule has 0 radical (unpaired) electrons. The quantitative estimate of drug-likeness (QED) is 0.542. The molecule has 7 heteroatoms. The number of fused-ring (bicyclic) bond motifs is 1. The van der Waals surface area contributed by atoms with E-state index >= 15 is 0 Å². The van der Waals surface area contributed by atoms with Gasteiger partial charge in [-0.15, -0.1) is 0 Å². The third-order valence-corrected chi connectivity index (χ3v) is 4.31. The van der Waals surface area contributed by atoms with Gasteiger partial charge in [0.1, 0.15) is 17.4 Å². The third kappa shape index (κ3) is 3.03. The minimum atomic E-state index is -1.24. The fraction of sp³-hybridized carbons (Fsp3) is 0. The number of hydrogen-bond donors (Lipinski definition) is 2. The van der Waals surface area contributed by atoms with Crippen LogP contribution in [0.2, 0.25) is 0 Å². The normalized spacial score (nSPS) is 10.9. The summed E-state index contributed by atoms with van der Waals surface area (Å²) in [5.74, 6) is -2.56. The third-order valence-electron chi connectivity index (χ3n) is 4.31. The SMILES string of the molecule is O=C(O)c1cc(-c2cc(O)c(-c3ccccc3F)cn2)nc2ccc(F)cc12. The number of benzene rings is 2. The molecule has 0 unspecified atom stereocenters. The van der Waals surface area contributed by atoms with Crippen molar-refractivity contribution in [2.24, 2.45) is 0 Å². The Balaban J connectivity index is 1.87. The van der Waals surface area contributed by atoms with Gasteiger partial charge in [-0.25, -0.2) is 18.6 Å². The molecule has 0 fully saturated rings. The van der Waals surface area contributed by atoms with Crippen LogP contribution in [0.1, 0.15) is 10.4 Å². The molecule has 2 heterocycles. The van der Waals surface area contributed by atoms with E-state index in [1.54, 1.807) is 6.07 Å². The van der Waals surface area contributed by atoms with Gasteiger partial charge in [0.05, 0.1) is 22.5 Å². The van der Waals surface area contributed by atoms with E-state index in [0.29, 0.717) is 0 Å². The number of carboxylic acid groups (broad SMARTS) is 1. The van der Waals surface area contributed by atoms with Gasteiger partial charge >= 0.3 is 5.97 Å². The number of carbonyl (C=O) groups is 1. The van der Waals surface area contributed by atoms with Crippen LogP contribution in [0, 0.1) is 11.6 Å². The second-order valence-electron chi connectivity index (χ2n) is 6.09. The van der Waals surface area contributed by atoms with Gasteiger partial charge in [-0.05, 0) is 30.3 Å². The first kappa shape index (κ1) is 17.5. The Morgan fingerprint density at radius 3 is 2.43 bits per heavy atom. The minimum Gasteiger partial charge on any atom is -0.507 e. The molecule has 0 aliphatic rings. The molecule has 0 amide bonds. The lowest BCUT2D eigenvalue weighted by atomic mass is 10.0. The lowest BCUT2D eigenvalue weighted by Crippen LogP contribution is -2.01. The average Bonchev–Trinajstić information content (AvgIpc) is 2.67. The van der Waals surface area contributed by atoms with E-state index in [9.17, 15) is 23.8 Å². The molecule has 28 heavy (non-hydrogen) atoms. The summed E-state index contributed by atoms with van der Waals surface area (Å²) in [5, 5.41) is 20.0. The minimum absolute atomic E-state index is 0.140. The highest BCUT2D eigenvalue weighted by Gasteiger charge is 2.16. The van der Waals surface area contributed by atoms with E-state index < -0.39 is 17.6 Å². The van der Waals surface area contributed by atoms with Crippen LogP contribution in [-0.4, -0.2) is 26.2 Å². The van der Waals surface area contributed by atoms with Crippen molar-refractivity contribution in [1.29, 1.82) is 0 Å². The summed E-state index contributed by atoms with van der Waals surface area (Å²) in [6.07, 6.45) is 1.29. The van der Waals surface area contributed by atoms with Gasteiger partial charge in [0.25, 0.3) is 0 Å². The van der Waals surface area contributed by atoms with E-state index in [1.165, 1.54) is 48.7 Å². The van der Waals surface area contributed by atoms with Crippen molar-refractivity contribution < 1.29 is 23.8 Å². The van der Waals surface area contributed by atoms with Gasteiger partial charge in [-0.2, -0.15) is 0 Å². The van der Waals surface area contributed by atoms with Crippen molar-refractivity contribution in [3.63, 3.8) is 0 Å². The predicted molar refractivity (Wildman–Crippen MR) is 99.0 cm³/mol. The van der Waals surface area contributed by atoms with Crippen molar-refractivity contribution in [2.45, 2.75) is 0 Å². The van der Waals surface area contributed by atoms with Crippen LogP contribution < -0.4 is 0 Å². The average molecular weight is 378 g/mol. The Kier molecular flexibility index (Phi) is 4.19. The first-order chi connectivity index (χ1) is 13.4. The Labute approximate surface area is 157 Å². The smallest absolute Gasteiger partial charge is 0.336 e. The highest BCUT2D eigenvalue weighted by atomic mass is 19.1. The molecule has 0 spiro atoms.